The van der Waals surface area contributed by atoms with Gasteiger partial charge in [0.15, 0.2) is 0 Å². The van der Waals surface area contributed by atoms with Crippen LogP contribution in [0, 0.1) is 22.2 Å². The number of nitrogens with zero attached hydrogens (tertiary/aromatic N) is 3. The molecule has 0 aliphatic carbocycles. The minimum Gasteiger partial charge on any atom is -0.404 e. The van der Waals surface area contributed by atoms with E-state index in [1.807, 2.05) is 30.9 Å². The number of carbonyl (C=O) groups is 1. The molecule has 0 spiro atoms. The molecule has 0 radical (unpaired) electrons. The van der Waals surface area contributed by atoms with Crippen LogP contribution in [-0.2, 0) is 9.36 Å². The first-order valence-electron chi connectivity index (χ1n) is 10.3. The number of rotatable bonds is 6. The summed E-state index contributed by atoms with van der Waals surface area (Å²) in [4.78, 5) is 15.3. The van der Waals surface area contributed by atoms with Crippen LogP contribution in [0.5, 0.6) is 11.5 Å². The molecule has 2 atom stereocenters. The van der Waals surface area contributed by atoms with Crippen LogP contribution in [0.15, 0.2) is 60.7 Å². The van der Waals surface area contributed by atoms with E-state index >= 15 is 0 Å². The molecule has 2 aliphatic heterocycles. The predicted molar refractivity (Wildman–Crippen MR) is 117 cm³/mol. The monoisotopic (exact) mass is 439 g/mol. The van der Waals surface area contributed by atoms with Gasteiger partial charge in [-0.2, -0.15) is 9.93 Å². The molecular formula is C23H26N3O4P. The Kier molecular flexibility index (Phi) is 5.65. The smallest absolute Gasteiger partial charge is 0.404 e. The number of para-hydroxylation sites is 2. The minimum atomic E-state index is -3.84. The predicted octanol–water partition coefficient (Wildman–Crippen LogP) is 3.99. The molecule has 0 aromatic heterocycles. The van der Waals surface area contributed by atoms with E-state index in [-0.39, 0.29) is 25.4 Å². The molecule has 0 amide bonds. The van der Waals surface area contributed by atoms with E-state index in [0.717, 1.165) is 0 Å². The van der Waals surface area contributed by atoms with Crippen molar-refractivity contribution in [1.29, 1.82) is 5.26 Å². The van der Waals surface area contributed by atoms with Crippen molar-refractivity contribution in [1.82, 2.24) is 9.57 Å². The molecule has 2 aromatic rings. The van der Waals surface area contributed by atoms with Crippen LogP contribution in [0.25, 0.3) is 0 Å². The van der Waals surface area contributed by atoms with Crippen molar-refractivity contribution in [2.45, 2.75) is 13.8 Å². The van der Waals surface area contributed by atoms with Gasteiger partial charge >= 0.3 is 7.75 Å². The third-order valence-electron chi connectivity index (χ3n) is 5.87. The van der Waals surface area contributed by atoms with Crippen LogP contribution < -0.4 is 9.05 Å². The maximum atomic E-state index is 14.2. The Morgan fingerprint density at radius 3 is 1.77 bits per heavy atom. The number of hydrogen-bond donors (Lipinski definition) is 0. The summed E-state index contributed by atoms with van der Waals surface area (Å²) in [7, 11) is -3.84. The number of hydrogen-bond acceptors (Lipinski definition) is 6. The van der Waals surface area contributed by atoms with E-state index < -0.39 is 18.6 Å². The van der Waals surface area contributed by atoms with Crippen LogP contribution >= 0.6 is 7.75 Å². The van der Waals surface area contributed by atoms with Crippen molar-refractivity contribution in [3.63, 3.8) is 0 Å². The highest BCUT2D eigenvalue weighted by Crippen LogP contribution is 2.57. The maximum absolute atomic E-state index is 14.2. The molecule has 2 heterocycles. The Bertz CT molecular complexity index is 972. The standard InChI is InChI=1S/C23H26N3O4P/c1-22-15-25(14-13-24)16-23(2,21(22)27)18-26(17-22)31(28,29-19-9-5-3-6-10-19)30-20-11-7-4-8-12-20/h3-12H,14-18H2,1-2H3. The fraction of sp³-hybridized carbons (Fsp3) is 0.391. The Balaban J connectivity index is 1.69. The van der Waals surface area contributed by atoms with Gasteiger partial charge in [0.2, 0.25) is 0 Å². The molecule has 2 bridgehead atoms. The van der Waals surface area contributed by atoms with Gasteiger partial charge in [0, 0.05) is 26.2 Å². The SMILES string of the molecule is CC12CN(CC#N)CC(C)(CN(P(=O)(Oc3ccccc3)Oc3ccccc3)C1)C2=O. The molecule has 7 nitrogen and oxygen atoms in total. The quantitative estimate of drug-likeness (QED) is 0.497. The summed E-state index contributed by atoms with van der Waals surface area (Å²) in [6.07, 6.45) is 0. The number of fused-ring (bicyclic) bond motifs is 2. The number of nitriles is 1. The van der Waals surface area contributed by atoms with E-state index in [1.165, 1.54) is 0 Å². The average molecular weight is 439 g/mol. The minimum absolute atomic E-state index is 0.136. The molecule has 0 saturated carbocycles. The first-order chi connectivity index (χ1) is 14.8. The Morgan fingerprint density at radius 1 is 0.903 bits per heavy atom. The van der Waals surface area contributed by atoms with Gasteiger partial charge in [0.25, 0.3) is 0 Å². The summed E-state index contributed by atoms with van der Waals surface area (Å²) in [6, 6.07) is 20.0. The lowest BCUT2D eigenvalue weighted by atomic mass is 9.65. The Labute approximate surface area is 182 Å². The topological polar surface area (TPSA) is 82.9 Å². The fourth-order valence-electron chi connectivity index (χ4n) is 4.77. The molecule has 4 rings (SSSR count). The molecule has 0 N–H and O–H groups in total. The van der Waals surface area contributed by atoms with Crippen LogP contribution in [-0.4, -0.2) is 48.1 Å². The molecule has 8 heteroatoms. The fourth-order valence-corrected chi connectivity index (χ4v) is 6.78. The second-order valence-electron chi connectivity index (χ2n) is 8.85. The second kappa shape index (κ2) is 8.12. The van der Waals surface area contributed by atoms with Gasteiger partial charge in [0.1, 0.15) is 17.3 Å². The van der Waals surface area contributed by atoms with Crippen molar-refractivity contribution in [2.75, 3.05) is 32.7 Å². The Morgan fingerprint density at radius 2 is 1.35 bits per heavy atom. The lowest BCUT2D eigenvalue weighted by Crippen LogP contribution is -2.67. The van der Waals surface area contributed by atoms with Gasteiger partial charge in [0.05, 0.1) is 23.4 Å². The van der Waals surface area contributed by atoms with Crippen molar-refractivity contribution in [2.24, 2.45) is 10.8 Å². The summed E-state index contributed by atoms with van der Waals surface area (Å²) in [5.74, 6) is 1.01. The Hall–Kier alpha value is -2.65. The summed E-state index contributed by atoms with van der Waals surface area (Å²) in [6.45, 7) is 5.32. The van der Waals surface area contributed by atoms with Crippen molar-refractivity contribution >= 4 is 13.5 Å². The van der Waals surface area contributed by atoms with E-state index in [9.17, 15) is 9.36 Å². The molecular weight excluding hydrogens is 413 g/mol. The molecule has 2 aromatic carbocycles. The first kappa shape index (κ1) is 21.6. The molecule has 2 aliphatic rings. The lowest BCUT2D eigenvalue weighted by Gasteiger charge is -2.54. The average Bonchev–Trinajstić information content (AvgIpc) is 2.72. The highest BCUT2D eigenvalue weighted by Gasteiger charge is 2.59. The highest BCUT2D eigenvalue weighted by atomic mass is 31.2. The van der Waals surface area contributed by atoms with Crippen LogP contribution in [0.1, 0.15) is 13.8 Å². The van der Waals surface area contributed by atoms with Gasteiger partial charge < -0.3 is 9.05 Å². The van der Waals surface area contributed by atoms with Gasteiger partial charge in [-0.15, -0.1) is 0 Å². The van der Waals surface area contributed by atoms with E-state index in [0.29, 0.717) is 24.6 Å². The first-order valence-corrected chi connectivity index (χ1v) is 11.7. The van der Waals surface area contributed by atoms with Crippen molar-refractivity contribution in [3.8, 4) is 17.6 Å². The van der Waals surface area contributed by atoms with Crippen molar-refractivity contribution < 1.29 is 18.4 Å². The number of benzene rings is 2. The molecule has 2 fully saturated rings. The number of likely N-dealkylation sites (tertiary alicyclic amines) is 1. The van der Waals surface area contributed by atoms with Gasteiger partial charge in [-0.05, 0) is 24.3 Å². The summed E-state index contributed by atoms with van der Waals surface area (Å²) in [5, 5.41) is 9.15. The number of piperidine rings is 2. The zero-order valence-corrected chi connectivity index (χ0v) is 18.6. The molecule has 2 unspecified atom stereocenters. The zero-order chi connectivity index (χ0) is 22.1. The normalized spacial score (nSPS) is 26.8. The summed E-state index contributed by atoms with van der Waals surface area (Å²) in [5.41, 5.74) is -1.56. The van der Waals surface area contributed by atoms with Gasteiger partial charge in [-0.1, -0.05) is 50.2 Å². The van der Waals surface area contributed by atoms with E-state index in [2.05, 4.69) is 6.07 Å². The molecule has 162 valence electrons. The van der Waals surface area contributed by atoms with Crippen LogP contribution in [0.4, 0.5) is 0 Å². The molecule has 31 heavy (non-hydrogen) atoms. The second-order valence-corrected chi connectivity index (χ2v) is 10.7. The maximum Gasteiger partial charge on any atom is 0.515 e. The van der Waals surface area contributed by atoms with Crippen LogP contribution in [0.2, 0.25) is 0 Å². The van der Waals surface area contributed by atoms with Gasteiger partial charge in [-0.25, -0.2) is 4.57 Å². The largest absolute Gasteiger partial charge is 0.515 e. The third-order valence-corrected chi connectivity index (χ3v) is 7.73. The number of ketones is 1. The summed E-state index contributed by atoms with van der Waals surface area (Å²) >= 11 is 0. The zero-order valence-electron chi connectivity index (χ0n) is 17.7. The highest BCUT2D eigenvalue weighted by molar-refractivity contribution is 7.52. The van der Waals surface area contributed by atoms with Crippen molar-refractivity contribution in [3.05, 3.63) is 60.7 Å². The van der Waals surface area contributed by atoms with E-state index in [4.69, 9.17) is 14.3 Å². The lowest BCUT2D eigenvalue weighted by molar-refractivity contribution is -0.153. The summed E-state index contributed by atoms with van der Waals surface area (Å²) < 4.78 is 27.9. The number of Topliss-reactive ketones (excluding diaryl/α,β-unsaturated/α-hetero) is 1. The third kappa shape index (κ3) is 4.24. The molecule has 2 saturated heterocycles. The van der Waals surface area contributed by atoms with E-state index in [1.54, 1.807) is 53.2 Å². The van der Waals surface area contributed by atoms with Crippen LogP contribution in [0.3, 0.4) is 0 Å². The van der Waals surface area contributed by atoms with Gasteiger partial charge in [-0.3, -0.25) is 9.69 Å². The number of carbonyl (C=O) groups excluding carboxylic acids is 1.